The Hall–Kier alpha value is -3.17. The standard InChI is InChI=1S/C20H21NO8/c1-3-26-9-14-6-13(4-5-18(14)25-2)20(22)28-11-16-8-17(21(23)24)7-15-10-27-12-29-19(15)16/h4-8H,3,9-12H2,1-2H3. The van der Waals surface area contributed by atoms with E-state index in [1.165, 1.54) is 19.2 Å². The number of esters is 1. The molecule has 0 bridgehead atoms. The summed E-state index contributed by atoms with van der Waals surface area (Å²) >= 11 is 0. The first-order valence-electron chi connectivity index (χ1n) is 8.96. The van der Waals surface area contributed by atoms with Crippen molar-refractivity contribution >= 4 is 11.7 Å². The van der Waals surface area contributed by atoms with Gasteiger partial charge in [0.1, 0.15) is 18.1 Å². The fourth-order valence-corrected chi connectivity index (χ4v) is 2.95. The Morgan fingerprint density at radius 1 is 1.21 bits per heavy atom. The maximum absolute atomic E-state index is 12.5. The van der Waals surface area contributed by atoms with Gasteiger partial charge >= 0.3 is 5.97 Å². The van der Waals surface area contributed by atoms with Crippen molar-refractivity contribution in [3.05, 3.63) is 62.7 Å². The molecule has 1 heterocycles. The number of hydrogen-bond donors (Lipinski definition) is 0. The number of nitrogens with zero attached hydrogens (tertiary/aromatic N) is 1. The van der Waals surface area contributed by atoms with Gasteiger partial charge < -0.3 is 23.7 Å². The molecule has 0 N–H and O–H groups in total. The SMILES string of the molecule is CCOCc1cc(C(=O)OCc2cc([N+](=O)[O-])cc3c2OCOC3)ccc1OC. The van der Waals surface area contributed by atoms with Crippen molar-refractivity contribution in [3.63, 3.8) is 0 Å². The van der Waals surface area contributed by atoms with E-state index in [9.17, 15) is 14.9 Å². The molecule has 0 aromatic heterocycles. The maximum Gasteiger partial charge on any atom is 0.338 e. The van der Waals surface area contributed by atoms with Gasteiger partial charge in [-0.25, -0.2) is 4.79 Å². The summed E-state index contributed by atoms with van der Waals surface area (Å²) in [6, 6.07) is 7.63. The fourth-order valence-electron chi connectivity index (χ4n) is 2.95. The van der Waals surface area contributed by atoms with Gasteiger partial charge in [0.15, 0.2) is 6.79 Å². The predicted octanol–water partition coefficient (Wildman–Crippen LogP) is 3.36. The van der Waals surface area contributed by atoms with Gasteiger partial charge in [0, 0.05) is 35.4 Å². The summed E-state index contributed by atoms with van der Waals surface area (Å²) in [6.45, 7) is 2.75. The molecule has 0 aliphatic carbocycles. The lowest BCUT2D eigenvalue weighted by atomic mass is 10.1. The van der Waals surface area contributed by atoms with Crippen LogP contribution in [0.2, 0.25) is 0 Å². The molecule has 29 heavy (non-hydrogen) atoms. The summed E-state index contributed by atoms with van der Waals surface area (Å²) in [5, 5.41) is 11.2. The fraction of sp³-hybridized carbons (Fsp3) is 0.350. The average Bonchev–Trinajstić information content (AvgIpc) is 2.75. The second-order valence-corrected chi connectivity index (χ2v) is 6.20. The molecule has 0 saturated heterocycles. The zero-order valence-corrected chi connectivity index (χ0v) is 16.1. The third-order valence-corrected chi connectivity index (χ3v) is 4.32. The minimum absolute atomic E-state index is 0.0328. The molecule has 0 unspecified atom stereocenters. The molecule has 2 aromatic rings. The lowest BCUT2D eigenvalue weighted by Crippen LogP contribution is -2.15. The molecule has 2 aromatic carbocycles. The second-order valence-electron chi connectivity index (χ2n) is 6.20. The van der Waals surface area contributed by atoms with Crippen molar-refractivity contribution in [3.8, 4) is 11.5 Å². The van der Waals surface area contributed by atoms with Crippen molar-refractivity contribution in [2.24, 2.45) is 0 Å². The highest BCUT2D eigenvalue weighted by molar-refractivity contribution is 5.90. The second kappa shape index (κ2) is 9.35. The molecule has 1 aliphatic heterocycles. The predicted molar refractivity (Wildman–Crippen MR) is 101 cm³/mol. The van der Waals surface area contributed by atoms with Crippen molar-refractivity contribution in [1.82, 2.24) is 0 Å². The van der Waals surface area contributed by atoms with Gasteiger partial charge in [-0.05, 0) is 25.1 Å². The molecule has 9 nitrogen and oxygen atoms in total. The van der Waals surface area contributed by atoms with Crippen LogP contribution in [0.1, 0.15) is 34.0 Å². The van der Waals surface area contributed by atoms with E-state index in [-0.39, 0.29) is 25.7 Å². The molecule has 154 valence electrons. The van der Waals surface area contributed by atoms with E-state index in [2.05, 4.69) is 0 Å². The Morgan fingerprint density at radius 2 is 2.03 bits per heavy atom. The largest absolute Gasteiger partial charge is 0.496 e. The Balaban J connectivity index is 1.78. The van der Waals surface area contributed by atoms with E-state index in [0.29, 0.717) is 41.4 Å². The number of nitro benzene ring substituents is 1. The smallest absolute Gasteiger partial charge is 0.338 e. The molecular weight excluding hydrogens is 382 g/mol. The number of fused-ring (bicyclic) bond motifs is 1. The minimum Gasteiger partial charge on any atom is -0.496 e. The summed E-state index contributed by atoms with van der Waals surface area (Å²) < 4.78 is 26.7. The van der Waals surface area contributed by atoms with Crippen LogP contribution >= 0.6 is 0 Å². The third-order valence-electron chi connectivity index (χ3n) is 4.32. The monoisotopic (exact) mass is 403 g/mol. The Labute approximate surface area is 167 Å². The number of carbonyl (C=O) groups is 1. The minimum atomic E-state index is -0.572. The van der Waals surface area contributed by atoms with Gasteiger partial charge in [0.05, 0.1) is 30.8 Å². The van der Waals surface area contributed by atoms with Gasteiger partial charge in [-0.15, -0.1) is 0 Å². The number of hydrogen-bond acceptors (Lipinski definition) is 8. The highest BCUT2D eigenvalue weighted by atomic mass is 16.7. The third kappa shape index (κ3) is 4.82. The lowest BCUT2D eigenvalue weighted by Gasteiger charge is -2.20. The van der Waals surface area contributed by atoms with E-state index < -0.39 is 10.9 Å². The van der Waals surface area contributed by atoms with E-state index >= 15 is 0 Å². The number of methoxy groups -OCH3 is 1. The molecule has 0 atom stereocenters. The number of benzene rings is 2. The molecule has 3 rings (SSSR count). The number of carbonyl (C=O) groups excluding carboxylic acids is 1. The first-order chi connectivity index (χ1) is 14.0. The molecule has 0 fully saturated rings. The highest BCUT2D eigenvalue weighted by Gasteiger charge is 2.22. The quantitative estimate of drug-likeness (QED) is 0.375. The van der Waals surface area contributed by atoms with Gasteiger partial charge in [0.25, 0.3) is 5.69 Å². The summed E-state index contributed by atoms with van der Waals surface area (Å²) in [5.74, 6) is 0.482. The number of ether oxygens (including phenoxy) is 5. The summed E-state index contributed by atoms with van der Waals surface area (Å²) in [6.07, 6.45) is 0. The molecule has 0 radical (unpaired) electrons. The molecule has 0 amide bonds. The Morgan fingerprint density at radius 3 is 2.76 bits per heavy atom. The van der Waals surface area contributed by atoms with E-state index in [4.69, 9.17) is 23.7 Å². The van der Waals surface area contributed by atoms with Crippen LogP contribution in [0.3, 0.4) is 0 Å². The van der Waals surface area contributed by atoms with Gasteiger partial charge in [0.2, 0.25) is 0 Å². The summed E-state index contributed by atoms with van der Waals surface area (Å²) in [4.78, 5) is 23.2. The van der Waals surface area contributed by atoms with Crippen LogP contribution in [0.5, 0.6) is 11.5 Å². The van der Waals surface area contributed by atoms with Crippen LogP contribution in [0.25, 0.3) is 0 Å². The van der Waals surface area contributed by atoms with Crippen molar-refractivity contribution in [1.29, 1.82) is 0 Å². The molecular formula is C20H21NO8. The molecule has 9 heteroatoms. The zero-order chi connectivity index (χ0) is 20.8. The first-order valence-corrected chi connectivity index (χ1v) is 8.96. The molecule has 0 saturated carbocycles. The Bertz CT molecular complexity index is 912. The molecule has 1 aliphatic rings. The van der Waals surface area contributed by atoms with Crippen LogP contribution in [0.15, 0.2) is 30.3 Å². The van der Waals surface area contributed by atoms with Crippen molar-refractivity contribution in [2.45, 2.75) is 26.7 Å². The highest BCUT2D eigenvalue weighted by Crippen LogP contribution is 2.33. The van der Waals surface area contributed by atoms with Crippen LogP contribution in [-0.4, -0.2) is 31.4 Å². The number of nitro groups is 1. The van der Waals surface area contributed by atoms with Gasteiger partial charge in [-0.3, -0.25) is 10.1 Å². The molecule has 0 spiro atoms. The number of non-ortho nitro benzene ring substituents is 1. The van der Waals surface area contributed by atoms with Gasteiger partial charge in [-0.1, -0.05) is 0 Å². The average molecular weight is 403 g/mol. The summed E-state index contributed by atoms with van der Waals surface area (Å²) in [7, 11) is 1.54. The van der Waals surface area contributed by atoms with Crippen LogP contribution < -0.4 is 9.47 Å². The topological polar surface area (TPSA) is 106 Å². The van der Waals surface area contributed by atoms with E-state index in [0.717, 1.165) is 5.56 Å². The van der Waals surface area contributed by atoms with Crippen molar-refractivity contribution < 1.29 is 33.4 Å². The van der Waals surface area contributed by atoms with E-state index in [1.54, 1.807) is 18.2 Å². The summed E-state index contributed by atoms with van der Waals surface area (Å²) in [5.41, 5.74) is 1.88. The van der Waals surface area contributed by atoms with E-state index in [1.807, 2.05) is 6.92 Å². The number of rotatable bonds is 8. The van der Waals surface area contributed by atoms with Gasteiger partial charge in [-0.2, -0.15) is 0 Å². The first kappa shape index (κ1) is 20.6. The maximum atomic E-state index is 12.5. The van der Waals surface area contributed by atoms with Crippen LogP contribution in [0.4, 0.5) is 5.69 Å². The van der Waals surface area contributed by atoms with Crippen LogP contribution in [-0.2, 0) is 34.0 Å². The van der Waals surface area contributed by atoms with Crippen LogP contribution in [0, 0.1) is 10.1 Å². The Kier molecular flexibility index (Phi) is 6.63. The normalized spacial score (nSPS) is 12.6. The lowest BCUT2D eigenvalue weighted by molar-refractivity contribution is -0.385. The zero-order valence-electron chi connectivity index (χ0n) is 16.1. The van der Waals surface area contributed by atoms with Crippen molar-refractivity contribution in [2.75, 3.05) is 20.5 Å².